The molecule has 5 N–H and O–H groups in total. The van der Waals surface area contributed by atoms with Gasteiger partial charge in [-0.15, -0.1) is 0 Å². The normalized spacial score (nSPS) is 0. The zero-order valence-corrected chi connectivity index (χ0v) is 3.48. The second-order valence-electron chi connectivity index (χ2n) is 0. The molecule has 1 radical (unpaired) electrons. The molecule has 0 aliphatic heterocycles. The van der Waals surface area contributed by atoms with Crippen LogP contribution in [-0.4, -0.2) is 45.3 Å². The van der Waals surface area contributed by atoms with Crippen LogP contribution < -0.4 is 0 Å². The van der Waals surface area contributed by atoms with Crippen molar-refractivity contribution in [2.45, 2.75) is 0 Å². The topological polar surface area (TPSA) is 150 Å². The number of hydrogen-bond acceptors (Lipinski definition) is 5. The van der Waals surface area contributed by atoms with E-state index in [1.54, 1.807) is 0 Å². The van der Waals surface area contributed by atoms with E-state index in [1.807, 2.05) is 0 Å². The predicted molar refractivity (Wildman–Crippen MR) is 23.8 cm³/mol. The molecule has 0 aliphatic rings. The fraction of sp³-hybridized carbons (Fsp3) is 0. The first-order chi connectivity index (χ1) is 0. The van der Waals surface area contributed by atoms with Gasteiger partial charge >= 0.3 is 35.0 Å². The van der Waals surface area contributed by atoms with Crippen molar-refractivity contribution in [2.24, 2.45) is 0 Å². The van der Waals surface area contributed by atoms with Crippen molar-refractivity contribution in [1.29, 1.82) is 0 Å². The first-order valence-electron chi connectivity index (χ1n) is 0. The molecule has 0 aromatic carbocycles. The molecule has 7 heavy (non-hydrogen) atoms. The Kier molecular flexibility index (Phi) is 21300. The van der Waals surface area contributed by atoms with Crippen molar-refractivity contribution < 1.29 is 44.4 Å². The van der Waals surface area contributed by atoms with Gasteiger partial charge in [0.1, 0.15) is 0 Å². The third kappa shape index (κ3) is 212. The molecule has 0 amide bonds. The summed E-state index contributed by atoms with van der Waals surface area (Å²) in [6, 6.07) is 0. The van der Waals surface area contributed by atoms with Crippen LogP contribution in [0.4, 0.5) is 0 Å². The summed E-state index contributed by atoms with van der Waals surface area (Å²) in [5.41, 5.74) is 0. The maximum Gasteiger partial charge on any atom is 2.00 e. The van der Waals surface area contributed by atoms with Crippen LogP contribution in [0.1, 0.15) is 0 Å². The Hall–Kier alpha value is 0.878. The monoisotopic (exact) mass is 229 g/mol. The SMILES string of the molecule is [AsH6+3].[Cu+2].[OH-].[OH-].[OH-].[OH-].[OH-]. The van der Waals surface area contributed by atoms with E-state index in [9.17, 15) is 0 Å². The van der Waals surface area contributed by atoms with E-state index in [0.29, 0.717) is 0 Å². The second kappa shape index (κ2) is 308. The van der Waals surface area contributed by atoms with E-state index in [4.69, 9.17) is 0 Å². The minimum absolute atomic E-state index is 0. The summed E-state index contributed by atoms with van der Waals surface area (Å²) >= 11 is 0. The van der Waals surface area contributed by atoms with Crippen LogP contribution in [0.2, 0.25) is 0 Å². The standard InChI is InChI=1S/AsH6.Cu.5H2O/h1H6;;5*1H2/q+3;+2;;;;;/p-5. The van der Waals surface area contributed by atoms with E-state index in [2.05, 4.69) is 0 Å². The van der Waals surface area contributed by atoms with E-state index in [1.165, 1.54) is 0 Å². The van der Waals surface area contributed by atoms with E-state index >= 15 is 0 Å². The van der Waals surface area contributed by atoms with E-state index in [0.717, 1.165) is 0 Å². The smallest absolute Gasteiger partial charge is 0.870 e. The molecule has 0 aliphatic carbocycles. The van der Waals surface area contributed by atoms with E-state index in [-0.39, 0.29) is 62.4 Å². The van der Waals surface area contributed by atoms with Gasteiger partial charge in [0.15, 0.2) is 0 Å². The van der Waals surface area contributed by atoms with E-state index < -0.39 is 0 Å². The molecule has 0 aromatic heterocycles. The summed E-state index contributed by atoms with van der Waals surface area (Å²) in [6.45, 7) is 0. The maximum atomic E-state index is 0. The number of hydrogen-bond donors (Lipinski definition) is 0. The quantitative estimate of drug-likeness (QED) is 0.409. The van der Waals surface area contributed by atoms with Crippen LogP contribution in [0.15, 0.2) is 0 Å². The largest absolute Gasteiger partial charge is 2.00 e. The molecule has 0 fully saturated rings. The average Bonchev–Trinajstić information content (AvgIpc) is 0. The molecule has 0 spiro atoms. The van der Waals surface area contributed by atoms with Crippen LogP contribution in [-0.2, 0) is 17.1 Å². The van der Waals surface area contributed by atoms with Crippen molar-refractivity contribution in [3.8, 4) is 0 Å². The zero-order valence-electron chi connectivity index (χ0n) is 2.54. The minimum Gasteiger partial charge on any atom is -0.870 e. The fourth-order valence-electron chi connectivity index (χ4n) is 0. The van der Waals surface area contributed by atoms with Crippen molar-refractivity contribution in [3.05, 3.63) is 0 Å². The van der Waals surface area contributed by atoms with Gasteiger partial charge in [-0.05, 0) is 0 Å². The Balaban J connectivity index is 0. The third-order valence-corrected chi connectivity index (χ3v) is 0. The predicted octanol–water partition coefficient (Wildman–Crippen LogP) is -2.87. The minimum atomic E-state index is 0. The Morgan fingerprint density at radius 1 is 0.429 bits per heavy atom. The first-order valence-corrected chi connectivity index (χ1v) is 0. The third-order valence-electron chi connectivity index (χ3n) is 0. The van der Waals surface area contributed by atoms with Gasteiger partial charge in [0.05, 0.1) is 0 Å². The zero-order chi connectivity index (χ0) is 0. The summed E-state index contributed by atoms with van der Waals surface area (Å²) in [5, 5.41) is 0. The van der Waals surface area contributed by atoms with Crippen molar-refractivity contribution in [2.75, 3.05) is 0 Å². The summed E-state index contributed by atoms with van der Waals surface area (Å²) in [5.74, 6) is 0. The van der Waals surface area contributed by atoms with Crippen LogP contribution in [0.25, 0.3) is 0 Å². The van der Waals surface area contributed by atoms with Gasteiger partial charge < -0.3 is 27.4 Å². The van der Waals surface area contributed by atoms with Crippen molar-refractivity contribution in [1.82, 2.24) is 0 Å². The summed E-state index contributed by atoms with van der Waals surface area (Å²) < 4.78 is 0. The maximum absolute atomic E-state index is 0. The van der Waals surface area contributed by atoms with Gasteiger partial charge in [-0.25, -0.2) is 0 Å². The van der Waals surface area contributed by atoms with Gasteiger partial charge in [0.25, 0.3) is 0 Å². The van der Waals surface area contributed by atoms with Crippen LogP contribution in [0.3, 0.4) is 0 Å². The van der Waals surface area contributed by atoms with Crippen molar-refractivity contribution in [3.63, 3.8) is 0 Å². The van der Waals surface area contributed by atoms with Crippen LogP contribution in [0.5, 0.6) is 0 Å². The molecule has 7 heteroatoms. The molecule has 0 unspecified atom stereocenters. The summed E-state index contributed by atoms with van der Waals surface area (Å²) in [7, 11) is 0. The first kappa shape index (κ1) is 484. The molecule has 0 heterocycles. The van der Waals surface area contributed by atoms with Crippen molar-refractivity contribution >= 4 is 18.0 Å². The summed E-state index contributed by atoms with van der Waals surface area (Å²) in [4.78, 5) is 0. The second-order valence-corrected chi connectivity index (χ2v) is 0. The Morgan fingerprint density at radius 2 is 0.429 bits per heavy atom. The molecule has 0 bridgehead atoms. The van der Waals surface area contributed by atoms with Gasteiger partial charge in [-0.1, -0.05) is 0 Å². The molecule has 0 rings (SSSR count). The molecule has 0 atom stereocenters. The molecular formula is H11AsCuO5. The molecule has 5 nitrogen and oxygen atoms in total. The van der Waals surface area contributed by atoms with Gasteiger partial charge in [0.2, 0.25) is 0 Å². The molecular weight excluding hydrogens is 218 g/mol. The average molecular weight is 230 g/mol. The van der Waals surface area contributed by atoms with Gasteiger partial charge in [-0.3, -0.25) is 0 Å². The Morgan fingerprint density at radius 3 is 0.429 bits per heavy atom. The molecule has 0 saturated heterocycles. The number of rotatable bonds is 0. The molecule has 0 aromatic rings. The van der Waals surface area contributed by atoms with Gasteiger partial charge in [-0.2, -0.15) is 0 Å². The van der Waals surface area contributed by atoms with Crippen LogP contribution >= 0.6 is 0 Å². The Bertz CT molecular complexity index is 8.04. The molecule has 57 valence electrons. The summed E-state index contributed by atoms with van der Waals surface area (Å²) in [6.07, 6.45) is 0. The molecule has 0 saturated carbocycles. The fourth-order valence-corrected chi connectivity index (χ4v) is 0. The van der Waals surface area contributed by atoms with Gasteiger partial charge in [0, 0.05) is 0 Å². The van der Waals surface area contributed by atoms with Crippen LogP contribution in [0, 0.1) is 0 Å². The Labute approximate surface area is 62.8 Å².